The standard InChI is InChI=1S/C34H34N2OS/c1-19(2)12-30-21(4)25-9-8-22(15-31(25)38-30)26-16-29(36-33-32(26)20(3)18-37-33)24-13-23-10-11-35-17-27(23)28(14-24)34(5,6)7/h8-11,13-19H,12H2,1-7H3. The van der Waals surface area contributed by atoms with Crippen molar-refractivity contribution in [3.8, 4) is 22.4 Å². The van der Waals surface area contributed by atoms with Crippen molar-refractivity contribution in [3.05, 3.63) is 82.7 Å². The van der Waals surface area contributed by atoms with E-state index in [2.05, 4.69) is 95.9 Å². The molecular weight excluding hydrogens is 484 g/mol. The van der Waals surface area contributed by atoms with Crippen molar-refractivity contribution in [2.24, 2.45) is 5.92 Å². The van der Waals surface area contributed by atoms with Crippen LogP contribution in [-0.2, 0) is 11.8 Å². The summed E-state index contributed by atoms with van der Waals surface area (Å²) in [7, 11) is 0. The number of aromatic nitrogens is 2. The van der Waals surface area contributed by atoms with Gasteiger partial charge in [0.15, 0.2) is 0 Å². The molecule has 4 heteroatoms. The fourth-order valence-corrected chi connectivity index (χ4v) is 7.00. The molecule has 4 aromatic heterocycles. The Hall–Kier alpha value is -3.50. The van der Waals surface area contributed by atoms with E-state index < -0.39 is 0 Å². The Morgan fingerprint density at radius 2 is 1.76 bits per heavy atom. The first-order chi connectivity index (χ1) is 18.1. The van der Waals surface area contributed by atoms with Crippen LogP contribution in [0.3, 0.4) is 0 Å². The lowest BCUT2D eigenvalue weighted by molar-refractivity contribution is 0.596. The molecule has 2 aromatic carbocycles. The molecule has 192 valence electrons. The number of aryl methyl sites for hydroxylation is 2. The van der Waals surface area contributed by atoms with Gasteiger partial charge in [0.25, 0.3) is 0 Å². The second-order valence-electron chi connectivity index (χ2n) is 12.0. The van der Waals surface area contributed by atoms with Crippen molar-refractivity contribution < 1.29 is 4.42 Å². The van der Waals surface area contributed by atoms with Gasteiger partial charge in [0.1, 0.15) is 0 Å². The normalized spacial score (nSPS) is 12.4. The lowest BCUT2D eigenvalue weighted by Gasteiger charge is -2.22. The third-order valence-electron chi connectivity index (χ3n) is 7.53. The molecule has 0 unspecified atom stereocenters. The zero-order valence-electron chi connectivity index (χ0n) is 23.3. The smallest absolute Gasteiger partial charge is 0.227 e. The van der Waals surface area contributed by atoms with Gasteiger partial charge >= 0.3 is 0 Å². The molecule has 0 bridgehead atoms. The highest BCUT2D eigenvalue weighted by molar-refractivity contribution is 7.19. The summed E-state index contributed by atoms with van der Waals surface area (Å²) in [5.41, 5.74) is 8.85. The molecule has 0 spiro atoms. The summed E-state index contributed by atoms with van der Waals surface area (Å²) in [6, 6.07) is 15.8. The highest BCUT2D eigenvalue weighted by Crippen LogP contribution is 2.40. The molecule has 0 saturated carbocycles. The van der Waals surface area contributed by atoms with Gasteiger partial charge < -0.3 is 4.42 Å². The molecule has 6 aromatic rings. The van der Waals surface area contributed by atoms with E-state index in [0.717, 1.165) is 28.6 Å². The number of hydrogen-bond donors (Lipinski definition) is 0. The van der Waals surface area contributed by atoms with Crippen LogP contribution in [0.2, 0.25) is 0 Å². The number of pyridine rings is 2. The fourth-order valence-electron chi connectivity index (χ4n) is 5.54. The minimum atomic E-state index is -0.0265. The van der Waals surface area contributed by atoms with E-state index in [0.29, 0.717) is 11.6 Å². The molecule has 3 nitrogen and oxygen atoms in total. The highest BCUT2D eigenvalue weighted by Gasteiger charge is 2.21. The Morgan fingerprint density at radius 3 is 2.53 bits per heavy atom. The quantitative estimate of drug-likeness (QED) is 0.233. The highest BCUT2D eigenvalue weighted by atomic mass is 32.1. The van der Waals surface area contributed by atoms with Crippen LogP contribution < -0.4 is 0 Å². The minimum absolute atomic E-state index is 0.0265. The summed E-state index contributed by atoms with van der Waals surface area (Å²) < 4.78 is 7.34. The summed E-state index contributed by atoms with van der Waals surface area (Å²) in [5, 5.41) is 4.82. The maximum absolute atomic E-state index is 5.99. The van der Waals surface area contributed by atoms with Crippen LogP contribution in [0.4, 0.5) is 0 Å². The van der Waals surface area contributed by atoms with E-state index in [9.17, 15) is 0 Å². The predicted molar refractivity (Wildman–Crippen MR) is 162 cm³/mol. The second-order valence-corrected chi connectivity index (χ2v) is 13.1. The number of furan rings is 1. The third-order valence-corrected chi connectivity index (χ3v) is 8.81. The van der Waals surface area contributed by atoms with Gasteiger partial charge in [-0.3, -0.25) is 4.98 Å². The molecule has 0 N–H and O–H groups in total. The van der Waals surface area contributed by atoms with Crippen LogP contribution in [-0.4, -0.2) is 9.97 Å². The predicted octanol–water partition coefficient (Wildman–Crippen LogP) is 10.0. The summed E-state index contributed by atoms with van der Waals surface area (Å²) in [6.07, 6.45) is 6.79. The molecule has 0 saturated heterocycles. The van der Waals surface area contributed by atoms with Crippen LogP contribution in [0.5, 0.6) is 0 Å². The maximum Gasteiger partial charge on any atom is 0.227 e. The van der Waals surface area contributed by atoms with Crippen molar-refractivity contribution >= 4 is 43.3 Å². The molecule has 0 radical (unpaired) electrons. The Balaban J connectivity index is 1.57. The molecule has 0 aliphatic heterocycles. The Kier molecular flexibility index (Phi) is 5.92. The summed E-state index contributed by atoms with van der Waals surface area (Å²) >= 11 is 1.93. The molecule has 0 atom stereocenters. The van der Waals surface area contributed by atoms with E-state index in [1.807, 2.05) is 30.0 Å². The molecule has 0 amide bonds. The van der Waals surface area contributed by atoms with Crippen LogP contribution in [0.25, 0.3) is 54.3 Å². The van der Waals surface area contributed by atoms with Gasteiger partial charge in [-0.05, 0) is 101 Å². The number of thiophene rings is 1. The van der Waals surface area contributed by atoms with Crippen molar-refractivity contribution in [2.75, 3.05) is 0 Å². The van der Waals surface area contributed by atoms with Gasteiger partial charge in [0.2, 0.25) is 5.71 Å². The topological polar surface area (TPSA) is 38.9 Å². The first-order valence-corrected chi connectivity index (χ1v) is 14.2. The maximum atomic E-state index is 5.99. The molecule has 38 heavy (non-hydrogen) atoms. The Morgan fingerprint density at radius 1 is 0.947 bits per heavy atom. The monoisotopic (exact) mass is 518 g/mol. The zero-order valence-corrected chi connectivity index (χ0v) is 24.1. The number of nitrogens with zero attached hydrogens (tertiary/aromatic N) is 2. The molecule has 0 fully saturated rings. The van der Waals surface area contributed by atoms with Crippen molar-refractivity contribution in [1.82, 2.24) is 9.97 Å². The van der Waals surface area contributed by atoms with Crippen LogP contribution in [0.1, 0.15) is 56.2 Å². The van der Waals surface area contributed by atoms with Crippen LogP contribution in [0.15, 0.2) is 65.5 Å². The summed E-state index contributed by atoms with van der Waals surface area (Å²) in [6.45, 7) is 15.7. The van der Waals surface area contributed by atoms with E-state index >= 15 is 0 Å². The summed E-state index contributed by atoms with van der Waals surface area (Å²) in [5.74, 6) is 0.646. The fraction of sp³-hybridized carbons (Fsp3) is 0.294. The molecule has 4 heterocycles. The number of fused-ring (bicyclic) bond motifs is 3. The largest absolute Gasteiger partial charge is 0.446 e. The van der Waals surface area contributed by atoms with E-state index in [-0.39, 0.29) is 5.41 Å². The average Bonchev–Trinajstić information content (AvgIpc) is 3.40. The van der Waals surface area contributed by atoms with Crippen molar-refractivity contribution in [3.63, 3.8) is 0 Å². The number of benzene rings is 2. The number of hydrogen-bond acceptors (Lipinski definition) is 4. The van der Waals surface area contributed by atoms with Crippen LogP contribution >= 0.6 is 11.3 Å². The first-order valence-electron chi connectivity index (χ1n) is 13.4. The molecule has 0 aliphatic rings. The Labute approximate surface area is 228 Å². The van der Waals surface area contributed by atoms with Gasteiger partial charge in [0.05, 0.1) is 17.3 Å². The van der Waals surface area contributed by atoms with E-state index in [4.69, 9.17) is 9.40 Å². The van der Waals surface area contributed by atoms with Gasteiger partial charge in [-0.1, -0.05) is 46.8 Å². The van der Waals surface area contributed by atoms with Crippen molar-refractivity contribution in [1.29, 1.82) is 0 Å². The van der Waals surface area contributed by atoms with E-state index in [1.165, 1.54) is 48.0 Å². The van der Waals surface area contributed by atoms with Gasteiger partial charge in [0, 0.05) is 32.9 Å². The lowest BCUT2D eigenvalue weighted by atomic mass is 9.82. The average molecular weight is 519 g/mol. The zero-order chi connectivity index (χ0) is 26.8. The van der Waals surface area contributed by atoms with Crippen molar-refractivity contribution in [2.45, 2.75) is 60.3 Å². The molecule has 6 rings (SSSR count). The third kappa shape index (κ3) is 4.21. The minimum Gasteiger partial charge on any atom is -0.446 e. The molecular formula is C34H34N2OS. The van der Waals surface area contributed by atoms with Crippen LogP contribution in [0, 0.1) is 19.8 Å². The molecule has 0 aliphatic carbocycles. The Bertz CT molecular complexity index is 1830. The van der Waals surface area contributed by atoms with E-state index in [1.54, 1.807) is 0 Å². The van der Waals surface area contributed by atoms with Gasteiger partial charge in [-0.2, -0.15) is 0 Å². The van der Waals surface area contributed by atoms with Gasteiger partial charge in [-0.15, -0.1) is 11.3 Å². The lowest BCUT2D eigenvalue weighted by Crippen LogP contribution is -2.12. The first kappa shape index (κ1) is 24.8. The SMILES string of the molecule is Cc1c(CC(C)C)sc2cc(-c3cc(-c4cc(C(C)(C)C)c5cnccc5c4)nc4occ(C)c34)ccc12. The summed E-state index contributed by atoms with van der Waals surface area (Å²) in [4.78, 5) is 10.9. The second kappa shape index (κ2) is 9.06. The van der Waals surface area contributed by atoms with Gasteiger partial charge in [-0.25, -0.2) is 4.98 Å². The number of rotatable bonds is 4.